The minimum atomic E-state index is -4.79. The Morgan fingerprint density at radius 2 is 1.97 bits per heavy atom. The lowest BCUT2D eigenvalue weighted by Gasteiger charge is -2.26. The fourth-order valence-corrected chi connectivity index (χ4v) is 3.21. The van der Waals surface area contributed by atoms with Crippen molar-refractivity contribution < 1.29 is 27.5 Å². The summed E-state index contributed by atoms with van der Waals surface area (Å²) in [6, 6.07) is 6.86. The summed E-state index contributed by atoms with van der Waals surface area (Å²) in [5.41, 5.74) is 1.34. The molecule has 0 radical (unpaired) electrons. The van der Waals surface area contributed by atoms with Crippen LogP contribution in [0.1, 0.15) is 43.7 Å². The third-order valence-corrected chi connectivity index (χ3v) is 4.61. The highest BCUT2D eigenvalue weighted by atomic mass is 19.4. The van der Waals surface area contributed by atoms with Gasteiger partial charge in [0.2, 0.25) is 5.91 Å². The molecule has 1 aliphatic rings. The van der Waals surface area contributed by atoms with Crippen LogP contribution in [-0.4, -0.2) is 35.8 Å². The van der Waals surface area contributed by atoms with E-state index >= 15 is 0 Å². The molecule has 6 nitrogen and oxygen atoms in total. The lowest BCUT2D eigenvalue weighted by Crippen LogP contribution is -2.41. The molecule has 30 heavy (non-hydrogen) atoms. The van der Waals surface area contributed by atoms with E-state index in [0.717, 1.165) is 0 Å². The minimum Gasteiger partial charge on any atom is -0.406 e. The standard InChI is InChI=1S/C21H24F3N3O3/c1-20(2,3)12-26-18(28)9-15-10-25-19(29)17-8-14(11-27(15)17)13-5-4-6-16(7-13)30-21(22,23)24/h4-8,11,15H,9-10,12H2,1-3H3,(H,25,29)(H,26,28). The average molecular weight is 423 g/mol. The highest BCUT2D eigenvalue weighted by Gasteiger charge is 2.31. The number of carbonyl (C=O) groups excluding carboxylic acids is 2. The highest BCUT2D eigenvalue weighted by Crippen LogP contribution is 2.31. The Labute approximate surface area is 172 Å². The van der Waals surface area contributed by atoms with Gasteiger partial charge in [0.25, 0.3) is 5.91 Å². The Morgan fingerprint density at radius 3 is 2.63 bits per heavy atom. The average Bonchev–Trinajstić information content (AvgIpc) is 3.07. The third-order valence-electron chi connectivity index (χ3n) is 4.61. The van der Waals surface area contributed by atoms with Crippen molar-refractivity contribution in [2.24, 2.45) is 5.41 Å². The van der Waals surface area contributed by atoms with E-state index in [1.54, 1.807) is 22.9 Å². The van der Waals surface area contributed by atoms with Crippen molar-refractivity contribution in [3.8, 4) is 16.9 Å². The number of carbonyl (C=O) groups is 2. The SMILES string of the molecule is CC(C)(C)CNC(=O)CC1CNC(=O)c2cc(-c3cccc(OC(F)(F)F)c3)cn21. The molecule has 2 aromatic rings. The first-order valence-electron chi connectivity index (χ1n) is 9.54. The largest absolute Gasteiger partial charge is 0.573 e. The molecule has 162 valence electrons. The lowest BCUT2D eigenvalue weighted by atomic mass is 9.97. The number of benzene rings is 1. The summed E-state index contributed by atoms with van der Waals surface area (Å²) >= 11 is 0. The van der Waals surface area contributed by atoms with E-state index < -0.39 is 6.36 Å². The summed E-state index contributed by atoms with van der Waals surface area (Å²) in [6.07, 6.45) is -2.93. The maximum Gasteiger partial charge on any atom is 0.573 e. The predicted octanol–water partition coefficient (Wildman–Crippen LogP) is 3.89. The van der Waals surface area contributed by atoms with Gasteiger partial charge < -0.3 is 19.9 Å². The maximum atomic E-state index is 12.5. The topological polar surface area (TPSA) is 72.4 Å². The molecule has 0 saturated heterocycles. The van der Waals surface area contributed by atoms with Gasteiger partial charge in [-0.1, -0.05) is 32.9 Å². The summed E-state index contributed by atoms with van der Waals surface area (Å²) in [4.78, 5) is 24.6. The van der Waals surface area contributed by atoms with Gasteiger partial charge in [0.1, 0.15) is 11.4 Å². The first-order chi connectivity index (χ1) is 13.9. The Kier molecular flexibility index (Phi) is 5.83. The van der Waals surface area contributed by atoms with Gasteiger partial charge in [-0.3, -0.25) is 9.59 Å². The monoisotopic (exact) mass is 423 g/mol. The second kappa shape index (κ2) is 8.04. The van der Waals surface area contributed by atoms with E-state index in [9.17, 15) is 22.8 Å². The van der Waals surface area contributed by atoms with Crippen molar-refractivity contribution in [2.75, 3.05) is 13.1 Å². The predicted molar refractivity (Wildman–Crippen MR) is 105 cm³/mol. The van der Waals surface area contributed by atoms with Gasteiger partial charge in [-0.05, 0) is 29.2 Å². The minimum absolute atomic E-state index is 0.0499. The van der Waals surface area contributed by atoms with E-state index in [1.807, 2.05) is 20.8 Å². The normalized spacial score (nSPS) is 16.6. The summed E-state index contributed by atoms with van der Waals surface area (Å²) in [7, 11) is 0. The second-order valence-corrected chi connectivity index (χ2v) is 8.50. The van der Waals surface area contributed by atoms with E-state index in [2.05, 4.69) is 15.4 Å². The molecule has 2 heterocycles. The number of amides is 2. The van der Waals surface area contributed by atoms with E-state index in [4.69, 9.17) is 0 Å². The molecule has 1 aliphatic heterocycles. The van der Waals surface area contributed by atoms with Crippen LogP contribution < -0.4 is 15.4 Å². The van der Waals surface area contributed by atoms with Crippen molar-refractivity contribution >= 4 is 11.8 Å². The van der Waals surface area contributed by atoms with Crippen LogP contribution in [0, 0.1) is 5.41 Å². The van der Waals surface area contributed by atoms with Gasteiger partial charge in [-0.25, -0.2) is 0 Å². The first-order valence-corrected chi connectivity index (χ1v) is 9.54. The number of nitrogens with zero attached hydrogens (tertiary/aromatic N) is 1. The molecule has 0 spiro atoms. The molecule has 1 aromatic heterocycles. The molecular weight excluding hydrogens is 399 g/mol. The summed E-state index contributed by atoms with van der Waals surface area (Å²) in [5, 5.41) is 5.65. The molecule has 0 saturated carbocycles. The zero-order valence-electron chi connectivity index (χ0n) is 17.0. The van der Waals surface area contributed by atoms with Crippen LogP contribution in [0.3, 0.4) is 0 Å². The molecule has 2 amide bonds. The Balaban J connectivity index is 1.82. The second-order valence-electron chi connectivity index (χ2n) is 8.50. The molecular formula is C21H24F3N3O3. The number of rotatable bonds is 5. The molecule has 9 heteroatoms. The van der Waals surface area contributed by atoms with Gasteiger partial charge in [-0.2, -0.15) is 0 Å². The molecule has 1 aromatic carbocycles. The van der Waals surface area contributed by atoms with Crippen LogP contribution in [0.15, 0.2) is 36.5 Å². The van der Waals surface area contributed by atoms with Gasteiger partial charge in [0.15, 0.2) is 0 Å². The number of hydrogen-bond donors (Lipinski definition) is 2. The van der Waals surface area contributed by atoms with Gasteiger partial charge in [0, 0.05) is 31.3 Å². The number of nitrogens with one attached hydrogen (secondary N) is 2. The number of halogens is 3. The smallest absolute Gasteiger partial charge is 0.406 e. The van der Waals surface area contributed by atoms with Crippen LogP contribution in [0.4, 0.5) is 13.2 Å². The van der Waals surface area contributed by atoms with Gasteiger partial charge >= 0.3 is 6.36 Å². The zero-order valence-corrected chi connectivity index (χ0v) is 17.0. The molecule has 0 fully saturated rings. The van der Waals surface area contributed by atoms with Crippen molar-refractivity contribution in [2.45, 2.75) is 39.6 Å². The maximum absolute atomic E-state index is 12.5. The first kappa shape index (κ1) is 21.7. The van der Waals surface area contributed by atoms with E-state index in [1.165, 1.54) is 18.2 Å². The van der Waals surface area contributed by atoms with Crippen molar-refractivity contribution in [1.82, 2.24) is 15.2 Å². The zero-order chi connectivity index (χ0) is 22.1. The van der Waals surface area contributed by atoms with Crippen molar-refractivity contribution in [3.63, 3.8) is 0 Å². The summed E-state index contributed by atoms with van der Waals surface area (Å²) < 4.78 is 43.2. The van der Waals surface area contributed by atoms with E-state index in [0.29, 0.717) is 29.9 Å². The van der Waals surface area contributed by atoms with Gasteiger partial charge in [0.05, 0.1) is 6.04 Å². The van der Waals surface area contributed by atoms with Crippen LogP contribution in [0.5, 0.6) is 5.75 Å². The molecule has 0 bridgehead atoms. The molecule has 3 rings (SSSR count). The third kappa shape index (κ3) is 5.55. The molecule has 0 aliphatic carbocycles. The number of alkyl halides is 3. The fraction of sp³-hybridized carbons (Fsp3) is 0.429. The molecule has 1 unspecified atom stereocenters. The summed E-state index contributed by atoms with van der Waals surface area (Å²) in [6.45, 7) is 6.87. The number of fused-ring (bicyclic) bond motifs is 1. The quantitative estimate of drug-likeness (QED) is 0.767. The van der Waals surface area contributed by atoms with Gasteiger partial charge in [-0.15, -0.1) is 13.2 Å². The Bertz CT molecular complexity index is 945. The van der Waals surface area contributed by atoms with Crippen molar-refractivity contribution in [1.29, 1.82) is 0 Å². The van der Waals surface area contributed by atoms with Crippen molar-refractivity contribution in [3.05, 3.63) is 42.2 Å². The lowest BCUT2D eigenvalue weighted by molar-refractivity contribution is -0.274. The number of aromatic nitrogens is 1. The molecule has 1 atom stereocenters. The van der Waals surface area contributed by atoms with Crippen LogP contribution in [0.25, 0.3) is 11.1 Å². The van der Waals surface area contributed by atoms with E-state index in [-0.39, 0.29) is 35.4 Å². The summed E-state index contributed by atoms with van der Waals surface area (Å²) in [5.74, 6) is -0.769. The molecule has 2 N–H and O–H groups in total. The number of hydrogen-bond acceptors (Lipinski definition) is 3. The Morgan fingerprint density at radius 1 is 1.23 bits per heavy atom. The van der Waals surface area contributed by atoms with Crippen LogP contribution in [0.2, 0.25) is 0 Å². The number of ether oxygens (including phenoxy) is 1. The Hall–Kier alpha value is -2.97. The van der Waals surface area contributed by atoms with Crippen LogP contribution in [-0.2, 0) is 4.79 Å². The van der Waals surface area contributed by atoms with Crippen LogP contribution >= 0.6 is 0 Å². The highest BCUT2D eigenvalue weighted by molar-refractivity contribution is 5.95. The fourth-order valence-electron chi connectivity index (χ4n) is 3.21.